The molecule has 150 valence electrons. The lowest BCUT2D eigenvalue weighted by Crippen LogP contribution is -2.22. The van der Waals surface area contributed by atoms with E-state index in [-0.39, 0.29) is 16.3 Å². The Morgan fingerprint density at radius 2 is 2.00 bits per heavy atom. The van der Waals surface area contributed by atoms with Crippen LogP contribution >= 0.6 is 11.8 Å². The molecule has 4 rings (SSSR count). The number of pyridine rings is 1. The predicted molar refractivity (Wildman–Crippen MR) is 108 cm³/mol. The van der Waals surface area contributed by atoms with Gasteiger partial charge in [0, 0.05) is 26.6 Å². The van der Waals surface area contributed by atoms with Crippen LogP contribution in [-0.4, -0.2) is 35.9 Å². The lowest BCUT2D eigenvalue weighted by atomic mass is 10.1. The maximum absolute atomic E-state index is 11.6. The zero-order valence-corrected chi connectivity index (χ0v) is 16.2. The first-order valence-electron chi connectivity index (χ1n) is 10.8. The lowest BCUT2D eigenvalue weighted by molar-refractivity contribution is -0.150. The van der Waals surface area contributed by atoms with E-state index in [0.717, 1.165) is 11.8 Å². The first kappa shape index (κ1) is 15.2. The van der Waals surface area contributed by atoms with Gasteiger partial charge in [-0.3, -0.25) is 19.9 Å². The summed E-state index contributed by atoms with van der Waals surface area (Å²) in [5.74, 6) is -1.36. The number of nitrogens with one attached hydrogen (secondary N) is 1. The Balaban J connectivity index is 1.48. The molecule has 2 saturated heterocycles. The Labute approximate surface area is 178 Å². The number of hydrogen-bond acceptors (Lipinski definition) is 7. The van der Waals surface area contributed by atoms with Gasteiger partial charge in [-0.2, -0.15) is 0 Å². The van der Waals surface area contributed by atoms with Gasteiger partial charge in [0.25, 0.3) is 11.1 Å². The van der Waals surface area contributed by atoms with Crippen molar-refractivity contribution in [2.75, 3.05) is 19.8 Å². The fourth-order valence-electron chi connectivity index (χ4n) is 2.76. The molecule has 0 spiro atoms. The van der Waals surface area contributed by atoms with Gasteiger partial charge >= 0.3 is 0 Å². The predicted octanol–water partition coefficient (Wildman–Crippen LogP) is 3.25. The van der Waals surface area contributed by atoms with Gasteiger partial charge in [0.2, 0.25) is 0 Å². The van der Waals surface area contributed by atoms with Crippen molar-refractivity contribution in [3.05, 3.63) is 64.3 Å². The highest BCUT2D eigenvalue weighted by Gasteiger charge is 2.33. The van der Waals surface area contributed by atoms with E-state index in [9.17, 15) is 9.59 Å². The van der Waals surface area contributed by atoms with E-state index in [4.69, 9.17) is 19.7 Å². The Kier molecular flexibility index (Phi) is 4.38. The lowest BCUT2D eigenvalue weighted by Gasteiger charge is -2.22. The summed E-state index contributed by atoms with van der Waals surface area (Å²) in [4.78, 5) is 27.2. The molecule has 1 N–H and O–H groups in total. The van der Waals surface area contributed by atoms with Crippen LogP contribution in [0.3, 0.4) is 0 Å². The van der Waals surface area contributed by atoms with Crippen LogP contribution in [0.1, 0.15) is 29.2 Å². The minimum Gasteiger partial charge on any atom is -0.493 e. The molecule has 0 bridgehead atoms. The molecular formula is C21H20N2O5S. The zero-order chi connectivity index (χ0) is 23.9. The second kappa shape index (κ2) is 8.36. The monoisotopic (exact) mass is 416 g/mol. The molecule has 3 heterocycles. The first-order valence-corrected chi connectivity index (χ1v) is 9.61. The van der Waals surface area contributed by atoms with E-state index < -0.39 is 29.9 Å². The normalized spacial score (nSPS) is 22.6. The third kappa shape index (κ3) is 4.67. The minimum atomic E-state index is -2.75. The molecule has 2 amide bonds. The Hall–Kier alpha value is -2.68. The van der Waals surface area contributed by atoms with E-state index in [1.54, 1.807) is 25.1 Å². The molecular weight excluding hydrogens is 392 g/mol. The maximum atomic E-state index is 11.6. The van der Waals surface area contributed by atoms with Gasteiger partial charge in [-0.05, 0) is 48.5 Å². The second-order valence-electron chi connectivity index (χ2n) is 6.33. The Morgan fingerprint density at radius 3 is 2.62 bits per heavy atom. The van der Waals surface area contributed by atoms with Crippen LogP contribution < -0.4 is 10.1 Å². The van der Waals surface area contributed by atoms with E-state index in [1.807, 2.05) is 0 Å². The number of aryl methyl sites for hydroxylation is 1. The van der Waals surface area contributed by atoms with Crippen molar-refractivity contribution in [3.63, 3.8) is 0 Å². The van der Waals surface area contributed by atoms with Gasteiger partial charge in [0.1, 0.15) is 5.75 Å². The van der Waals surface area contributed by atoms with Crippen molar-refractivity contribution in [1.82, 2.24) is 10.3 Å². The molecule has 0 aliphatic carbocycles. The van der Waals surface area contributed by atoms with E-state index in [0.29, 0.717) is 24.3 Å². The topological polar surface area (TPSA) is 86.8 Å². The molecule has 0 unspecified atom stereocenters. The van der Waals surface area contributed by atoms with Crippen LogP contribution in [0, 0.1) is 0 Å². The van der Waals surface area contributed by atoms with Crippen LogP contribution in [0.2, 0.25) is 0 Å². The highest BCUT2D eigenvalue weighted by molar-refractivity contribution is 8.18. The summed E-state index contributed by atoms with van der Waals surface area (Å²) >= 11 is 0.790. The number of carbonyl (C=O) groups is 2. The molecule has 1 aromatic carbocycles. The summed E-state index contributed by atoms with van der Waals surface area (Å²) in [5, 5.41) is 1.72. The fourth-order valence-corrected chi connectivity index (χ4v) is 3.44. The van der Waals surface area contributed by atoms with Crippen molar-refractivity contribution >= 4 is 29.0 Å². The molecule has 0 saturated carbocycles. The van der Waals surface area contributed by atoms with E-state index in [1.165, 1.54) is 30.5 Å². The number of hydrogen-bond donors (Lipinski definition) is 1. The van der Waals surface area contributed by atoms with Crippen molar-refractivity contribution in [2.24, 2.45) is 0 Å². The molecule has 2 aliphatic heterocycles. The average Bonchev–Trinajstić information content (AvgIpc) is 3.34. The summed E-state index contributed by atoms with van der Waals surface area (Å²) < 4.78 is 49.6. The number of benzene rings is 1. The summed E-state index contributed by atoms with van der Waals surface area (Å²) in [6.45, 7) is -0.132. The first-order chi connectivity index (χ1) is 15.5. The van der Waals surface area contributed by atoms with Crippen LogP contribution in [0.4, 0.5) is 4.79 Å². The van der Waals surface area contributed by atoms with Gasteiger partial charge in [0.15, 0.2) is 5.79 Å². The SMILES string of the molecule is [2H]C([2H])(Oc1ccc(/C=C2\SC(=O)NC2=O)cc1)C([2H])([2H])c1ccc(C2(C)OCCO2)cn1. The van der Waals surface area contributed by atoms with E-state index in [2.05, 4.69) is 10.3 Å². The summed E-state index contributed by atoms with van der Waals surface area (Å²) in [7, 11) is 0. The van der Waals surface area contributed by atoms with Gasteiger partial charge in [-0.25, -0.2) is 0 Å². The second-order valence-corrected chi connectivity index (χ2v) is 7.34. The minimum absolute atomic E-state index is 0.0857. The van der Waals surface area contributed by atoms with Gasteiger partial charge in [0.05, 0.1) is 27.4 Å². The van der Waals surface area contributed by atoms with Crippen LogP contribution in [0.15, 0.2) is 47.5 Å². The number of ether oxygens (including phenoxy) is 3. The maximum Gasteiger partial charge on any atom is 0.290 e. The number of nitrogens with zero attached hydrogens (tertiary/aromatic N) is 1. The Morgan fingerprint density at radius 1 is 1.24 bits per heavy atom. The summed E-state index contributed by atoms with van der Waals surface area (Å²) in [6.07, 6.45) is 0.342. The molecule has 7 nitrogen and oxygen atoms in total. The number of rotatable bonds is 6. The largest absolute Gasteiger partial charge is 0.493 e. The molecule has 29 heavy (non-hydrogen) atoms. The van der Waals surface area contributed by atoms with Gasteiger partial charge in [-0.1, -0.05) is 18.2 Å². The molecule has 0 radical (unpaired) electrons. The number of aromatic nitrogens is 1. The average molecular weight is 416 g/mol. The number of carbonyl (C=O) groups excluding carboxylic acids is 2. The smallest absolute Gasteiger partial charge is 0.290 e. The van der Waals surface area contributed by atoms with Gasteiger partial charge < -0.3 is 14.2 Å². The molecule has 8 heteroatoms. The molecule has 2 aliphatic rings. The number of imide groups is 1. The third-order valence-electron chi connectivity index (χ3n) is 4.29. The van der Waals surface area contributed by atoms with Crippen molar-refractivity contribution in [1.29, 1.82) is 0 Å². The molecule has 0 atom stereocenters. The zero-order valence-electron chi connectivity index (χ0n) is 19.4. The van der Waals surface area contributed by atoms with Crippen LogP contribution in [0.5, 0.6) is 5.75 Å². The van der Waals surface area contributed by atoms with E-state index >= 15 is 0 Å². The molecule has 2 aromatic rings. The highest BCUT2D eigenvalue weighted by Crippen LogP contribution is 2.30. The van der Waals surface area contributed by atoms with Crippen molar-refractivity contribution < 1.29 is 29.3 Å². The van der Waals surface area contributed by atoms with Crippen molar-refractivity contribution in [3.8, 4) is 5.75 Å². The fraction of sp³-hybridized carbons (Fsp3) is 0.286. The third-order valence-corrected chi connectivity index (χ3v) is 5.10. The van der Waals surface area contributed by atoms with Crippen molar-refractivity contribution in [2.45, 2.75) is 19.1 Å². The summed E-state index contributed by atoms with van der Waals surface area (Å²) in [5.41, 5.74) is 1.05. The molecule has 2 fully saturated rings. The number of amides is 2. The number of thioether (sulfide) groups is 1. The van der Waals surface area contributed by atoms with Gasteiger partial charge in [-0.15, -0.1) is 0 Å². The Bertz CT molecular complexity index is 1100. The standard InChI is InChI=1S/C21H20N2O5S/c1-21(27-10-11-28-21)15-4-5-16(22-13-15)8-9-26-17-6-2-14(3-7-17)12-18-19(24)23-20(25)29-18/h2-7,12-13H,8-11H2,1H3,(H,23,24,25)/b18-12-/i8D2,9D2. The summed E-state index contributed by atoms with van der Waals surface area (Å²) in [6, 6.07) is 9.01. The quantitative estimate of drug-likeness (QED) is 0.724. The highest BCUT2D eigenvalue weighted by atomic mass is 32.2. The van der Waals surface area contributed by atoms with Crippen LogP contribution in [-0.2, 0) is 26.4 Å². The molecule has 1 aromatic heterocycles. The van der Waals surface area contributed by atoms with Crippen LogP contribution in [0.25, 0.3) is 6.08 Å².